The first kappa shape index (κ1) is 22.6. The minimum Gasteiger partial charge on any atom is -0.494 e. The zero-order valence-corrected chi connectivity index (χ0v) is 19.4. The molecule has 0 radical (unpaired) electrons. The Labute approximate surface area is 198 Å². The molecular weight excluding hydrogens is 440 g/mol. The third kappa shape index (κ3) is 4.94. The van der Waals surface area contributed by atoms with E-state index in [0.717, 1.165) is 31.9 Å². The number of likely N-dealkylation sites (N-methyl/N-ethyl adjacent to an activating group) is 1. The van der Waals surface area contributed by atoms with E-state index < -0.39 is 0 Å². The summed E-state index contributed by atoms with van der Waals surface area (Å²) in [6.45, 7) is 3.77. The normalized spacial score (nSPS) is 14.9. The summed E-state index contributed by atoms with van der Waals surface area (Å²) in [7, 11) is 3.74. The molecule has 0 unspecified atom stereocenters. The highest BCUT2D eigenvalue weighted by Gasteiger charge is 2.20. The van der Waals surface area contributed by atoms with Gasteiger partial charge >= 0.3 is 0 Å². The fourth-order valence-corrected chi connectivity index (χ4v) is 3.91. The van der Waals surface area contributed by atoms with Crippen LogP contribution in [-0.2, 0) is 0 Å². The molecule has 0 saturated carbocycles. The summed E-state index contributed by atoms with van der Waals surface area (Å²) >= 11 is 6.39. The largest absolute Gasteiger partial charge is 0.494 e. The summed E-state index contributed by atoms with van der Waals surface area (Å²) in [4.78, 5) is 17.8. The summed E-state index contributed by atoms with van der Waals surface area (Å²) in [6.07, 6.45) is 4.64. The second-order valence-corrected chi connectivity index (χ2v) is 8.12. The van der Waals surface area contributed by atoms with Crippen LogP contribution < -0.4 is 26.4 Å². The van der Waals surface area contributed by atoms with E-state index in [0.29, 0.717) is 45.1 Å². The van der Waals surface area contributed by atoms with E-state index in [4.69, 9.17) is 27.8 Å². The Morgan fingerprint density at radius 3 is 2.64 bits per heavy atom. The first-order valence-corrected chi connectivity index (χ1v) is 10.9. The first-order valence-electron chi connectivity index (χ1n) is 10.5. The van der Waals surface area contributed by atoms with Crippen molar-refractivity contribution in [3.05, 3.63) is 65.3 Å². The molecular formula is C23H27ClN8O. The molecule has 5 N–H and O–H groups in total. The minimum absolute atomic E-state index is 0.328. The van der Waals surface area contributed by atoms with Gasteiger partial charge in [-0.15, -0.1) is 0 Å². The maximum atomic E-state index is 6.42. The van der Waals surface area contributed by atoms with Crippen LogP contribution in [0, 0.1) is 0 Å². The molecule has 0 bridgehead atoms. The molecule has 1 aliphatic heterocycles. The molecule has 172 valence electrons. The molecule has 10 heteroatoms. The number of nitrogens with one attached hydrogen (secondary N) is 1. The molecule has 1 fully saturated rings. The monoisotopic (exact) mass is 466 g/mol. The highest BCUT2D eigenvalue weighted by molar-refractivity contribution is 6.32. The van der Waals surface area contributed by atoms with Crippen LogP contribution in [0.25, 0.3) is 5.57 Å². The van der Waals surface area contributed by atoms with Gasteiger partial charge in [-0.25, -0.2) is 9.97 Å². The minimum atomic E-state index is 0.328. The quantitative estimate of drug-likeness (QED) is 0.471. The Balaban J connectivity index is 1.64. The molecule has 2 aromatic heterocycles. The van der Waals surface area contributed by atoms with Crippen molar-refractivity contribution in [2.45, 2.75) is 0 Å². The van der Waals surface area contributed by atoms with Gasteiger partial charge in [0, 0.05) is 50.2 Å². The Kier molecular flexibility index (Phi) is 6.81. The molecule has 33 heavy (non-hydrogen) atoms. The van der Waals surface area contributed by atoms with Crippen molar-refractivity contribution in [1.29, 1.82) is 0 Å². The highest BCUT2D eigenvalue weighted by atomic mass is 35.5. The fourth-order valence-electron chi connectivity index (χ4n) is 3.72. The highest BCUT2D eigenvalue weighted by Crippen LogP contribution is 2.37. The van der Waals surface area contributed by atoms with Gasteiger partial charge in [-0.2, -0.15) is 0 Å². The lowest BCUT2D eigenvalue weighted by molar-refractivity contribution is 0.313. The number of hydrogen-bond donors (Lipinski definition) is 3. The lowest BCUT2D eigenvalue weighted by atomic mass is 10.1. The van der Waals surface area contributed by atoms with Gasteiger partial charge in [0.05, 0.1) is 46.8 Å². The molecule has 9 nitrogen and oxygen atoms in total. The number of methoxy groups -OCH3 is 1. The lowest BCUT2D eigenvalue weighted by Crippen LogP contribution is -2.44. The molecule has 1 aromatic carbocycles. The Hall–Kier alpha value is -3.56. The van der Waals surface area contributed by atoms with Crippen molar-refractivity contribution < 1.29 is 4.74 Å². The van der Waals surface area contributed by atoms with Crippen LogP contribution in [-0.4, -0.2) is 60.2 Å². The van der Waals surface area contributed by atoms with Crippen LogP contribution in [0.4, 0.5) is 23.0 Å². The summed E-state index contributed by atoms with van der Waals surface area (Å²) in [5.41, 5.74) is 16.3. The van der Waals surface area contributed by atoms with Crippen molar-refractivity contribution in [3.63, 3.8) is 0 Å². The van der Waals surface area contributed by atoms with Crippen molar-refractivity contribution in [2.75, 3.05) is 56.3 Å². The van der Waals surface area contributed by atoms with Crippen LogP contribution in [0.1, 0.15) is 11.4 Å². The molecule has 0 amide bonds. The number of aromatic nitrogens is 3. The van der Waals surface area contributed by atoms with E-state index in [2.05, 4.69) is 37.1 Å². The van der Waals surface area contributed by atoms with Gasteiger partial charge in [0.1, 0.15) is 5.75 Å². The standard InChI is InChI=1S/C23H27ClN8O/c1-31-7-9-32(10-8-31)20-12-21(33-2)19(11-17(20)26)29-23-28-14-16(24)22(30-23)15(13-25)18-5-3-4-6-27-18/h3-6,11-14H,7-10,25-26H2,1-2H3,(H,28,29,30). The lowest BCUT2D eigenvalue weighted by Gasteiger charge is -2.35. The smallest absolute Gasteiger partial charge is 0.227 e. The predicted octanol–water partition coefficient (Wildman–Crippen LogP) is 2.96. The van der Waals surface area contributed by atoms with E-state index in [1.807, 2.05) is 30.3 Å². The number of nitrogen functional groups attached to an aromatic ring is 1. The summed E-state index contributed by atoms with van der Waals surface area (Å²) in [5, 5.41) is 3.56. The number of pyridine rings is 1. The summed E-state index contributed by atoms with van der Waals surface area (Å²) in [5.74, 6) is 0.965. The summed E-state index contributed by atoms with van der Waals surface area (Å²) in [6, 6.07) is 9.32. The number of benzene rings is 1. The molecule has 4 rings (SSSR count). The first-order chi connectivity index (χ1) is 16.0. The van der Waals surface area contributed by atoms with E-state index in [1.165, 1.54) is 12.4 Å². The number of hydrogen-bond acceptors (Lipinski definition) is 9. The van der Waals surface area contributed by atoms with Crippen LogP contribution in [0.3, 0.4) is 0 Å². The van der Waals surface area contributed by atoms with E-state index in [1.54, 1.807) is 13.3 Å². The Morgan fingerprint density at radius 2 is 1.97 bits per heavy atom. The van der Waals surface area contributed by atoms with Crippen LogP contribution in [0.15, 0.2) is 48.9 Å². The van der Waals surface area contributed by atoms with Crippen LogP contribution in [0.5, 0.6) is 5.75 Å². The summed E-state index contributed by atoms with van der Waals surface area (Å²) < 4.78 is 5.64. The number of halogens is 1. The number of ether oxygens (including phenoxy) is 1. The van der Waals surface area contributed by atoms with Gasteiger partial charge in [0.25, 0.3) is 0 Å². The van der Waals surface area contributed by atoms with Crippen molar-refractivity contribution in [3.8, 4) is 5.75 Å². The van der Waals surface area contributed by atoms with Gasteiger partial charge in [0.2, 0.25) is 5.95 Å². The Bertz CT molecular complexity index is 1150. The SMILES string of the molecule is COc1cc(N2CCN(C)CC2)c(N)cc1Nc1ncc(Cl)c(C(=CN)c2ccccn2)n1. The average molecular weight is 467 g/mol. The van der Waals surface area contributed by atoms with Gasteiger partial charge in [-0.1, -0.05) is 17.7 Å². The maximum absolute atomic E-state index is 6.42. The molecule has 0 atom stereocenters. The third-order valence-electron chi connectivity index (χ3n) is 5.55. The van der Waals surface area contributed by atoms with E-state index >= 15 is 0 Å². The van der Waals surface area contributed by atoms with Gasteiger partial charge in [0.15, 0.2) is 0 Å². The Morgan fingerprint density at radius 1 is 1.18 bits per heavy atom. The zero-order chi connectivity index (χ0) is 23.4. The third-order valence-corrected chi connectivity index (χ3v) is 5.82. The maximum Gasteiger partial charge on any atom is 0.227 e. The fraction of sp³-hybridized carbons (Fsp3) is 0.261. The average Bonchev–Trinajstić information content (AvgIpc) is 2.83. The number of nitrogens with zero attached hydrogens (tertiary/aromatic N) is 5. The van der Waals surface area contributed by atoms with Crippen molar-refractivity contribution in [2.24, 2.45) is 5.73 Å². The molecule has 0 spiro atoms. The second kappa shape index (κ2) is 9.93. The van der Waals surface area contributed by atoms with Gasteiger partial charge in [-0.05, 0) is 25.2 Å². The molecule has 3 aromatic rings. The van der Waals surface area contributed by atoms with Crippen molar-refractivity contribution in [1.82, 2.24) is 19.9 Å². The number of anilines is 4. The molecule has 1 aliphatic rings. The van der Waals surface area contributed by atoms with Crippen molar-refractivity contribution >= 4 is 40.2 Å². The van der Waals surface area contributed by atoms with E-state index in [9.17, 15) is 0 Å². The van der Waals surface area contributed by atoms with Gasteiger partial charge < -0.3 is 31.3 Å². The molecule has 0 aliphatic carbocycles. The van der Waals surface area contributed by atoms with E-state index in [-0.39, 0.29) is 0 Å². The molecule has 3 heterocycles. The predicted molar refractivity (Wildman–Crippen MR) is 133 cm³/mol. The second-order valence-electron chi connectivity index (χ2n) is 7.71. The van der Waals surface area contributed by atoms with Gasteiger partial charge in [-0.3, -0.25) is 4.98 Å². The number of piperazine rings is 1. The van der Waals surface area contributed by atoms with Crippen LogP contribution >= 0.6 is 11.6 Å². The zero-order valence-electron chi connectivity index (χ0n) is 18.6. The van der Waals surface area contributed by atoms with Crippen LogP contribution in [0.2, 0.25) is 5.02 Å². The number of rotatable bonds is 6. The number of nitrogens with two attached hydrogens (primary N) is 2. The topological polar surface area (TPSA) is 118 Å². The molecule has 1 saturated heterocycles.